The molecule has 0 aliphatic rings. The summed E-state index contributed by atoms with van der Waals surface area (Å²) in [6.45, 7) is 3.50. The molecule has 0 aliphatic heterocycles. The van der Waals surface area contributed by atoms with Crippen LogP contribution in [0.5, 0.6) is 0 Å². The Labute approximate surface area is 69.1 Å². The minimum absolute atomic E-state index is 0.819. The number of carbonyl (C=O) groups excluding carboxylic acids is 2. The second-order valence-electron chi connectivity index (χ2n) is 2.19. The van der Waals surface area contributed by atoms with Gasteiger partial charge in [-0.3, -0.25) is 14.8 Å². The van der Waals surface area contributed by atoms with Gasteiger partial charge in [0, 0.05) is 0 Å². The number of nitrogens with one attached hydrogen (secondary N) is 2. The van der Waals surface area contributed by atoms with E-state index >= 15 is 0 Å². The van der Waals surface area contributed by atoms with E-state index in [0.29, 0.717) is 0 Å². The van der Waals surface area contributed by atoms with Gasteiger partial charge >= 0.3 is 11.8 Å². The minimum atomic E-state index is -1.18. The standard InChI is InChI=1S/C6H10N2O4/c1-4(2)3-12-8-6(10)5(9)7-11/h3,11H,1-2H3,(H,7,9)(H,8,10). The third kappa shape index (κ3) is 4.29. The quantitative estimate of drug-likeness (QED) is 0.227. The Morgan fingerprint density at radius 2 is 1.92 bits per heavy atom. The van der Waals surface area contributed by atoms with E-state index in [1.54, 1.807) is 19.3 Å². The lowest BCUT2D eigenvalue weighted by Gasteiger charge is -2.00. The van der Waals surface area contributed by atoms with E-state index in [-0.39, 0.29) is 0 Å². The lowest BCUT2D eigenvalue weighted by Crippen LogP contribution is -2.37. The molecule has 0 aromatic heterocycles. The number of hydroxylamine groups is 2. The molecule has 0 spiro atoms. The summed E-state index contributed by atoms with van der Waals surface area (Å²) in [6.07, 6.45) is 1.25. The van der Waals surface area contributed by atoms with Crippen molar-refractivity contribution in [2.45, 2.75) is 13.8 Å². The highest BCUT2D eigenvalue weighted by molar-refractivity contribution is 6.34. The predicted molar refractivity (Wildman–Crippen MR) is 38.6 cm³/mol. The Balaban J connectivity index is 3.73. The SMILES string of the molecule is CC(C)=CONC(=O)C(=O)NO. The van der Waals surface area contributed by atoms with E-state index in [4.69, 9.17) is 5.21 Å². The summed E-state index contributed by atoms with van der Waals surface area (Å²) in [7, 11) is 0. The van der Waals surface area contributed by atoms with Crippen LogP contribution in [-0.2, 0) is 14.4 Å². The van der Waals surface area contributed by atoms with E-state index in [1.165, 1.54) is 6.26 Å². The van der Waals surface area contributed by atoms with Gasteiger partial charge in [0.05, 0.1) is 0 Å². The summed E-state index contributed by atoms with van der Waals surface area (Å²) >= 11 is 0. The van der Waals surface area contributed by atoms with Crippen LogP contribution in [0.15, 0.2) is 11.8 Å². The number of hydrogen-bond acceptors (Lipinski definition) is 4. The van der Waals surface area contributed by atoms with Gasteiger partial charge in [-0.2, -0.15) is 5.48 Å². The number of allylic oxidation sites excluding steroid dienone is 1. The van der Waals surface area contributed by atoms with Gasteiger partial charge in [-0.1, -0.05) is 0 Å². The van der Waals surface area contributed by atoms with E-state index in [9.17, 15) is 9.59 Å². The average Bonchev–Trinajstić information content (AvgIpc) is 2.02. The van der Waals surface area contributed by atoms with Gasteiger partial charge in [0.25, 0.3) is 0 Å². The second kappa shape index (κ2) is 5.14. The van der Waals surface area contributed by atoms with E-state index in [2.05, 4.69) is 4.84 Å². The smallest absolute Gasteiger partial charge is 0.344 e. The summed E-state index contributed by atoms with van der Waals surface area (Å²) < 4.78 is 0. The van der Waals surface area contributed by atoms with Crippen LogP contribution in [0.1, 0.15) is 13.8 Å². The summed E-state index contributed by atoms with van der Waals surface area (Å²) in [5.41, 5.74) is 3.75. The highest BCUT2D eigenvalue weighted by Crippen LogP contribution is 1.86. The highest BCUT2D eigenvalue weighted by Gasteiger charge is 2.10. The molecule has 0 saturated heterocycles. The number of amides is 2. The van der Waals surface area contributed by atoms with Crippen molar-refractivity contribution in [3.8, 4) is 0 Å². The van der Waals surface area contributed by atoms with Crippen LogP contribution in [0.4, 0.5) is 0 Å². The zero-order valence-corrected chi connectivity index (χ0v) is 6.75. The number of hydrogen-bond donors (Lipinski definition) is 3. The second-order valence-corrected chi connectivity index (χ2v) is 2.19. The molecule has 0 radical (unpaired) electrons. The molecule has 0 aromatic rings. The van der Waals surface area contributed by atoms with Crippen LogP contribution in [0.3, 0.4) is 0 Å². The van der Waals surface area contributed by atoms with Crippen molar-refractivity contribution in [3.63, 3.8) is 0 Å². The predicted octanol–water partition coefficient (Wildman–Crippen LogP) is -0.537. The van der Waals surface area contributed by atoms with E-state index in [0.717, 1.165) is 11.1 Å². The maximum atomic E-state index is 10.5. The van der Waals surface area contributed by atoms with Crippen LogP contribution in [0.2, 0.25) is 0 Å². The van der Waals surface area contributed by atoms with Gasteiger partial charge in [0.15, 0.2) is 0 Å². The van der Waals surface area contributed by atoms with Gasteiger partial charge in [0.2, 0.25) is 0 Å². The Morgan fingerprint density at radius 3 is 2.33 bits per heavy atom. The molecular weight excluding hydrogens is 164 g/mol. The third-order valence-electron chi connectivity index (χ3n) is 0.754. The van der Waals surface area contributed by atoms with Crippen molar-refractivity contribution in [3.05, 3.63) is 11.8 Å². The molecule has 12 heavy (non-hydrogen) atoms. The topological polar surface area (TPSA) is 87.7 Å². The fourth-order valence-electron chi connectivity index (χ4n) is 0.298. The normalized spacial score (nSPS) is 8.25. The molecule has 68 valence electrons. The zero-order valence-electron chi connectivity index (χ0n) is 6.75. The third-order valence-corrected chi connectivity index (χ3v) is 0.754. The number of carbonyl (C=O) groups is 2. The van der Waals surface area contributed by atoms with Crippen molar-refractivity contribution in [2.24, 2.45) is 0 Å². The largest absolute Gasteiger partial charge is 0.387 e. The molecule has 6 heteroatoms. The molecule has 2 amide bonds. The molecule has 0 bridgehead atoms. The maximum absolute atomic E-state index is 10.5. The summed E-state index contributed by atoms with van der Waals surface area (Å²) in [6, 6.07) is 0. The van der Waals surface area contributed by atoms with Crippen LogP contribution >= 0.6 is 0 Å². The minimum Gasteiger partial charge on any atom is -0.387 e. The zero-order chi connectivity index (χ0) is 9.56. The molecule has 0 fully saturated rings. The van der Waals surface area contributed by atoms with Crippen LogP contribution in [0.25, 0.3) is 0 Å². The molecule has 0 aromatic carbocycles. The first kappa shape index (κ1) is 10.4. The Morgan fingerprint density at radius 1 is 1.33 bits per heavy atom. The monoisotopic (exact) mass is 174 g/mol. The van der Waals surface area contributed by atoms with Gasteiger partial charge < -0.3 is 4.84 Å². The van der Waals surface area contributed by atoms with Crippen molar-refractivity contribution in [2.75, 3.05) is 0 Å². The molecule has 3 N–H and O–H groups in total. The first-order valence-corrected chi connectivity index (χ1v) is 3.11. The number of rotatable bonds is 2. The Bertz CT molecular complexity index is 208. The van der Waals surface area contributed by atoms with Gasteiger partial charge in [-0.15, -0.1) is 0 Å². The van der Waals surface area contributed by atoms with Crippen LogP contribution < -0.4 is 11.0 Å². The Hall–Kier alpha value is -1.56. The van der Waals surface area contributed by atoms with E-state index < -0.39 is 11.8 Å². The molecule has 0 heterocycles. The first-order chi connectivity index (χ1) is 5.57. The highest BCUT2D eigenvalue weighted by atomic mass is 16.6. The van der Waals surface area contributed by atoms with Crippen LogP contribution in [-0.4, -0.2) is 17.0 Å². The molecule has 0 rings (SSSR count). The fraction of sp³-hybridized carbons (Fsp3) is 0.333. The molecule has 0 saturated carbocycles. The summed E-state index contributed by atoms with van der Waals surface area (Å²) in [5.74, 6) is -2.26. The fourth-order valence-corrected chi connectivity index (χ4v) is 0.298. The lowest BCUT2D eigenvalue weighted by molar-refractivity contribution is -0.149. The lowest BCUT2D eigenvalue weighted by atomic mass is 10.4. The van der Waals surface area contributed by atoms with Crippen molar-refractivity contribution in [1.82, 2.24) is 11.0 Å². The molecule has 0 aliphatic carbocycles. The van der Waals surface area contributed by atoms with Gasteiger partial charge in [-0.05, 0) is 19.4 Å². The molecule has 0 unspecified atom stereocenters. The molecular formula is C6H10N2O4. The summed E-state index contributed by atoms with van der Waals surface area (Å²) in [5, 5.41) is 7.98. The molecule has 6 nitrogen and oxygen atoms in total. The molecule has 0 atom stereocenters. The maximum Gasteiger partial charge on any atom is 0.344 e. The van der Waals surface area contributed by atoms with Crippen molar-refractivity contribution >= 4 is 11.8 Å². The average molecular weight is 174 g/mol. The van der Waals surface area contributed by atoms with E-state index in [1.807, 2.05) is 0 Å². The Kier molecular flexibility index (Phi) is 4.47. The summed E-state index contributed by atoms with van der Waals surface area (Å²) in [4.78, 5) is 25.3. The van der Waals surface area contributed by atoms with Crippen LogP contribution in [0, 0.1) is 0 Å². The van der Waals surface area contributed by atoms with Gasteiger partial charge in [0.1, 0.15) is 6.26 Å². The van der Waals surface area contributed by atoms with Gasteiger partial charge in [-0.25, -0.2) is 5.48 Å². The van der Waals surface area contributed by atoms with Crippen molar-refractivity contribution in [1.29, 1.82) is 0 Å². The first-order valence-electron chi connectivity index (χ1n) is 3.11. The van der Waals surface area contributed by atoms with Crippen molar-refractivity contribution < 1.29 is 19.6 Å².